The van der Waals surface area contributed by atoms with E-state index in [2.05, 4.69) is 68.6 Å². The molecule has 29 heavy (non-hydrogen) atoms. The van der Waals surface area contributed by atoms with E-state index < -0.39 is 0 Å². The van der Waals surface area contributed by atoms with E-state index >= 15 is 0 Å². The highest BCUT2D eigenvalue weighted by molar-refractivity contribution is 14.0. The van der Waals surface area contributed by atoms with Crippen LogP contribution in [0.4, 0.5) is 0 Å². The van der Waals surface area contributed by atoms with Gasteiger partial charge in [-0.2, -0.15) is 0 Å². The quantitative estimate of drug-likeness (QED) is 0.429. The van der Waals surface area contributed by atoms with Crippen molar-refractivity contribution in [3.63, 3.8) is 0 Å². The molecule has 1 fully saturated rings. The third kappa shape index (κ3) is 8.63. The van der Waals surface area contributed by atoms with Gasteiger partial charge in [0, 0.05) is 14.8 Å². The zero-order valence-electron chi connectivity index (χ0n) is 18.3. The van der Waals surface area contributed by atoms with Crippen molar-refractivity contribution in [2.45, 2.75) is 71.8 Å². The van der Waals surface area contributed by atoms with Crippen molar-refractivity contribution in [2.24, 2.45) is 17.6 Å². The van der Waals surface area contributed by atoms with E-state index in [4.69, 9.17) is 5.73 Å². The average Bonchev–Trinajstić information content (AvgIpc) is 2.72. The van der Waals surface area contributed by atoms with Crippen molar-refractivity contribution in [1.29, 1.82) is 0 Å². The molecule has 2 aromatic rings. The molecule has 1 saturated carbocycles. The minimum absolute atomic E-state index is 0. The van der Waals surface area contributed by atoms with Crippen molar-refractivity contribution in [3.05, 3.63) is 48.0 Å². The highest BCUT2D eigenvalue weighted by Crippen LogP contribution is 2.28. The van der Waals surface area contributed by atoms with Crippen LogP contribution >= 0.6 is 24.0 Å². The Labute approximate surface area is 197 Å². The van der Waals surface area contributed by atoms with E-state index in [-0.39, 0.29) is 44.7 Å². The number of rotatable bonds is 6. The van der Waals surface area contributed by atoms with Crippen LogP contribution in [0.15, 0.2) is 42.5 Å². The number of hydrogen-bond donors (Lipinski definition) is 2. The number of carbonyl (C=O) groups excluding carboxylic acids is 1. The zero-order valence-corrected chi connectivity index (χ0v) is 20.7. The molecule has 1 atom stereocenters. The lowest BCUT2D eigenvalue weighted by atomic mass is 9.81. The van der Waals surface area contributed by atoms with E-state index in [1.54, 1.807) is 0 Å². The largest absolute Gasteiger partial charge is 0.353 e. The number of aryl methyl sites for hydroxylation is 1. The minimum atomic E-state index is 0. The maximum atomic E-state index is 12.4. The van der Waals surface area contributed by atoms with Gasteiger partial charge in [0.2, 0.25) is 5.91 Å². The lowest BCUT2D eigenvalue weighted by Gasteiger charge is -2.28. The molecule has 4 heteroatoms. The Bertz CT molecular complexity index is 736. The van der Waals surface area contributed by atoms with Crippen molar-refractivity contribution in [3.8, 4) is 0 Å². The summed E-state index contributed by atoms with van der Waals surface area (Å²) < 4.78 is 0. The second-order valence-electron chi connectivity index (χ2n) is 8.29. The zero-order chi connectivity index (χ0) is 20.4. The maximum Gasteiger partial charge on any atom is 0.223 e. The summed E-state index contributed by atoms with van der Waals surface area (Å²) in [4.78, 5) is 12.4. The molecule has 0 aliphatic heterocycles. The van der Waals surface area contributed by atoms with Crippen LogP contribution in [0, 0.1) is 11.8 Å². The highest BCUT2D eigenvalue weighted by Gasteiger charge is 2.26. The lowest BCUT2D eigenvalue weighted by molar-refractivity contribution is -0.126. The molecule has 166 valence electrons. The molecular formula is C25H43IN2O. The van der Waals surface area contributed by atoms with E-state index in [9.17, 15) is 4.79 Å². The Balaban J connectivity index is 0. The summed E-state index contributed by atoms with van der Waals surface area (Å²) in [5, 5.41) is 5.78. The van der Waals surface area contributed by atoms with Gasteiger partial charge in [0.25, 0.3) is 0 Å². The third-order valence-corrected chi connectivity index (χ3v) is 5.62. The Morgan fingerprint density at radius 2 is 1.72 bits per heavy atom. The molecule has 1 aliphatic carbocycles. The summed E-state index contributed by atoms with van der Waals surface area (Å²) >= 11 is 0. The molecule has 2 aromatic carbocycles. The fourth-order valence-corrected chi connectivity index (χ4v) is 3.87. The van der Waals surface area contributed by atoms with Crippen molar-refractivity contribution in [1.82, 2.24) is 5.32 Å². The highest BCUT2D eigenvalue weighted by atomic mass is 127. The van der Waals surface area contributed by atoms with Gasteiger partial charge in [0.1, 0.15) is 0 Å². The van der Waals surface area contributed by atoms with E-state index in [1.807, 2.05) is 0 Å². The van der Waals surface area contributed by atoms with Crippen LogP contribution in [0.3, 0.4) is 0 Å². The first-order valence-electron chi connectivity index (χ1n) is 11.0. The van der Waals surface area contributed by atoms with Gasteiger partial charge in [-0.3, -0.25) is 4.79 Å². The summed E-state index contributed by atoms with van der Waals surface area (Å²) in [7, 11) is 0. The summed E-state index contributed by atoms with van der Waals surface area (Å²) in [6.45, 7) is 7.13. The summed E-state index contributed by atoms with van der Waals surface area (Å²) in [5.74, 6) is 1.04. The van der Waals surface area contributed by atoms with E-state index in [0.29, 0.717) is 5.92 Å². The number of benzene rings is 2. The monoisotopic (exact) mass is 514 g/mol. The number of amides is 1. The molecule has 0 aromatic heterocycles. The summed E-state index contributed by atoms with van der Waals surface area (Å²) in [6, 6.07) is 15.3. The van der Waals surface area contributed by atoms with Crippen molar-refractivity contribution < 1.29 is 7.65 Å². The second kappa shape index (κ2) is 14.0. The Hall–Kier alpha value is -1.14. The first-order chi connectivity index (χ1) is 13.6. The number of carbonyl (C=O) groups is 1. The maximum absolute atomic E-state index is 12.4. The van der Waals surface area contributed by atoms with Gasteiger partial charge in [-0.25, -0.2) is 0 Å². The Kier molecular flexibility index (Phi) is 12.5. The van der Waals surface area contributed by atoms with Crippen LogP contribution in [0.5, 0.6) is 0 Å². The summed E-state index contributed by atoms with van der Waals surface area (Å²) in [6.07, 6.45) is 7.39. The van der Waals surface area contributed by atoms with Crippen LogP contribution in [-0.4, -0.2) is 18.5 Å². The first kappa shape index (κ1) is 25.9. The van der Waals surface area contributed by atoms with Gasteiger partial charge in [-0.15, -0.1) is 24.0 Å². The first-order valence-corrected chi connectivity index (χ1v) is 11.0. The predicted molar refractivity (Wildman–Crippen MR) is 140 cm³/mol. The van der Waals surface area contributed by atoms with Gasteiger partial charge >= 0.3 is 0 Å². The van der Waals surface area contributed by atoms with Crippen LogP contribution in [0.1, 0.15) is 67.7 Å². The van der Waals surface area contributed by atoms with Crippen molar-refractivity contribution in [2.75, 3.05) is 6.54 Å². The van der Waals surface area contributed by atoms with Crippen LogP contribution in [0.25, 0.3) is 10.8 Å². The fraction of sp³-hybridized carbons (Fsp3) is 0.560. The molecule has 1 aliphatic rings. The molecule has 0 spiro atoms. The molecule has 1 amide bonds. The summed E-state index contributed by atoms with van der Waals surface area (Å²) in [5.41, 5.74) is 7.07. The van der Waals surface area contributed by atoms with E-state index in [1.165, 1.54) is 22.8 Å². The topological polar surface area (TPSA) is 55.1 Å². The molecule has 0 radical (unpaired) electrons. The van der Waals surface area contributed by atoms with Gasteiger partial charge in [-0.1, -0.05) is 62.7 Å². The van der Waals surface area contributed by atoms with Crippen LogP contribution < -0.4 is 11.1 Å². The number of nitrogens with one attached hydrogen (secondary N) is 1. The predicted octanol–water partition coefficient (Wildman–Crippen LogP) is 6.57. The lowest BCUT2D eigenvalue weighted by Crippen LogP contribution is -2.39. The van der Waals surface area contributed by atoms with Gasteiger partial charge in [-0.05, 0) is 74.2 Å². The molecular weight excluding hydrogens is 471 g/mol. The SMILES string of the molecule is CC(CCc1ccc2ccccc2c1)NC(=O)C1CCC(CN)CC1.CCC.I.[HH].[HH]. The standard InChI is InChI=1S/C22H30N2O.C3H8.HI.2H2/c1-16(24-22(25)20-12-9-18(15-23)10-13-20)6-7-17-8-11-19-4-2-3-5-21(19)14-17;1-3-2;;;/h2-5,8,11,14,16,18,20H,6-7,9-10,12-13,15,23H2,1H3,(H,24,25);3H2,1-2H3;3*1H. The van der Waals surface area contributed by atoms with Crippen LogP contribution in [0.2, 0.25) is 0 Å². The number of nitrogens with two attached hydrogens (primary N) is 1. The number of halogens is 1. The van der Waals surface area contributed by atoms with Crippen LogP contribution in [-0.2, 0) is 11.2 Å². The minimum Gasteiger partial charge on any atom is -0.353 e. The Morgan fingerprint density at radius 3 is 2.34 bits per heavy atom. The fourth-order valence-electron chi connectivity index (χ4n) is 3.87. The molecule has 3 rings (SSSR count). The van der Waals surface area contributed by atoms with Gasteiger partial charge in [0.15, 0.2) is 0 Å². The Morgan fingerprint density at radius 1 is 1.10 bits per heavy atom. The van der Waals surface area contributed by atoms with Gasteiger partial charge < -0.3 is 11.1 Å². The number of fused-ring (bicyclic) bond motifs is 1. The molecule has 0 heterocycles. The smallest absolute Gasteiger partial charge is 0.223 e. The third-order valence-electron chi connectivity index (χ3n) is 5.62. The van der Waals surface area contributed by atoms with Crippen molar-refractivity contribution >= 4 is 40.7 Å². The van der Waals surface area contributed by atoms with Gasteiger partial charge in [0.05, 0.1) is 0 Å². The molecule has 3 nitrogen and oxygen atoms in total. The normalized spacial score (nSPS) is 19.4. The molecule has 0 bridgehead atoms. The second-order valence-corrected chi connectivity index (χ2v) is 8.29. The molecule has 0 saturated heterocycles. The molecule has 1 unspecified atom stereocenters. The molecule has 3 N–H and O–H groups in total. The van der Waals surface area contributed by atoms with E-state index in [0.717, 1.165) is 45.1 Å². The number of hydrogen-bond acceptors (Lipinski definition) is 2. The average molecular weight is 515 g/mol.